The van der Waals surface area contributed by atoms with E-state index in [0.717, 1.165) is 9.20 Å². The Labute approximate surface area is 245 Å². The lowest BCUT2D eigenvalue weighted by atomic mass is 10.1. The molecular weight excluding hydrogens is 565 g/mol. The number of thioether (sulfide) groups is 1. The van der Waals surface area contributed by atoms with Gasteiger partial charge in [0.05, 0.1) is 17.2 Å². The van der Waals surface area contributed by atoms with E-state index in [1.165, 1.54) is 53.1 Å². The van der Waals surface area contributed by atoms with Crippen molar-refractivity contribution in [3.8, 4) is 5.75 Å². The normalized spacial score (nSPS) is 11.9. The summed E-state index contributed by atoms with van der Waals surface area (Å²) in [6.07, 6.45) is 2.18. The minimum absolute atomic E-state index is 0.00949. The van der Waals surface area contributed by atoms with E-state index in [2.05, 4.69) is 5.32 Å². The quantitative estimate of drug-likeness (QED) is 0.259. The summed E-state index contributed by atoms with van der Waals surface area (Å²) in [5.41, 5.74) is 0.795. The van der Waals surface area contributed by atoms with Crippen LogP contribution in [0.5, 0.6) is 5.75 Å². The van der Waals surface area contributed by atoms with Crippen LogP contribution in [-0.4, -0.2) is 57.1 Å². The third-order valence-corrected chi connectivity index (χ3v) is 8.88. The maximum Gasteiger partial charge on any atom is 0.264 e. The highest BCUT2D eigenvalue weighted by Crippen LogP contribution is 2.33. The number of sulfonamides is 1. The first-order valence-electron chi connectivity index (χ1n) is 13.4. The predicted molar refractivity (Wildman–Crippen MR) is 160 cm³/mol. The first-order valence-corrected chi connectivity index (χ1v) is 16.0. The highest BCUT2D eigenvalue weighted by Gasteiger charge is 2.34. The molecular formula is C30H36FN3O5S2. The number of para-hydroxylation sites is 2. The fourth-order valence-electron chi connectivity index (χ4n) is 4.33. The van der Waals surface area contributed by atoms with E-state index in [9.17, 15) is 22.4 Å². The van der Waals surface area contributed by atoms with Gasteiger partial charge in [-0.3, -0.25) is 13.9 Å². The molecule has 41 heavy (non-hydrogen) atoms. The highest BCUT2D eigenvalue weighted by atomic mass is 32.2. The second-order valence-corrected chi connectivity index (χ2v) is 11.8. The van der Waals surface area contributed by atoms with E-state index in [-0.39, 0.29) is 36.1 Å². The van der Waals surface area contributed by atoms with Crippen molar-refractivity contribution in [3.63, 3.8) is 0 Å². The molecule has 8 nitrogen and oxygen atoms in total. The number of hydrogen-bond acceptors (Lipinski definition) is 6. The SMILES string of the molecule is CCNC(=O)[C@H](CC)N(Cc1ccc(F)cc1)C(=O)CN(c1ccccc1OCC)S(=O)(=O)c1ccc(SC)cc1. The lowest BCUT2D eigenvalue weighted by molar-refractivity contribution is -0.140. The van der Waals surface area contributed by atoms with E-state index in [0.29, 0.717) is 17.9 Å². The lowest BCUT2D eigenvalue weighted by Crippen LogP contribution is -2.52. The number of benzene rings is 3. The van der Waals surface area contributed by atoms with Crippen LogP contribution >= 0.6 is 11.8 Å². The molecule has 0 aliphatic carbocycles. The molecule has 1 N–H and O–H groups in total. The van der Waals surface area contributed by atoms with Gasteiger partial charge in [-0.1, -0.05) is 31.2 Å². The maximum absolute atomic E-state index is 14.1. The number of ether oxygens (including phenoxy) is 1. The van der Waals surface area contributed by atoms with Gasteiger partial charge >= 0.3 is 0 Å². The zero-order valence-electron chi connectivity index (χ0n) is 23.7. The van der Waals surface area contributed by atoms with Crippen LogP contribution in [0, 0.1) is 5.82 Å². The van der Waals surface area contributed by atoms with E-state index in [4.69, 9.17) is 4.74 Å². The maximum atomic E-state index is 14.1. The summed E-state index contributed by atoms with van der Waals surface area (Å²) in [5, 5.41) is 2.76. The minimum atomic E-state index is -4.24. The summed E-state index contributed by atoms with van der Waals surface area (Å²) in [6.45, 7) is 5.38. The Morgan fingerprint density at radius 1 is 0.976 bits per heavy atom. The molecule has 1 atom stereocenters. The summed E-state index contributed by atoms with van der Waals surface area (Å²) in [4.78, 5) is 29.3. The van der Waals surface area contributed by atoms with Crippen molar-refractivity contribution < 1.29 is 27.1 Å². The van der Waals surface area contributed by atoms with Crippen molar-refractivity contribution in [2.75, 3.05) is 30.3 Å². The molecule has 3 rings (SSSR count). The fraction of sp³-hybridized carbons (Fsp3) is 0.333. The molecule has 2 amide bonds. The number of hydrogen-bond donors (Lipinski definition) is 1. The van der Waals surface area contributed by atoms with Crippen molar-refractivity contribution in [2.24, 2.45) is 0 Å². The topological polar surface area (TPSA) is 96.0 Å². The van der Waals surface area contributed by atoms with Crippen LogP contribution in [0.1, 0.15) is 32.8 Å². The average molecular weight is 602 g/mol. The molecule has 0 saturated heterocycles. The molecule has 0 aliphatic rings. The Balaban J connectivity index is 2.11. The van der Waals surface area contributed by atoms with Gasteiger partial charge in [-0.25, -0.2) is 12.8 Å². The molecule has 220 valence electrons. The van der Waals surface area contributed by atoms with Gasteiger partial charge in [0, 0.05) is 18.0 Å². The smallest absolute Gasteiger partial charge is 0.264 e. The van der Waals surface area contributed by atoms with Crippen molar-refractivity contribution in [1.82, 2.24) is 10.2 Å². The number of carbonyl (C=O) groups is 2. The Morgan fingerprint density at radius 2 is 1.63 bits per heavy atom. The monoisotopic (exact) mass is 601 g/mol. The Bertz CT molecular complexity index is 1420. The van der Waals surface area contributed by atoms with E-state index in [1.54, 1.807) is 57.2 Å². The van der Waals surface area contributed by atoms with Gasteiger partial charge in [0.15, 0.2) is 0 Å². The largest absolute Gasteiger partial charge is 0.492 e. The van der Waals surface area contributed by atoms with Crippen molar-refractivity contribution in [3.05, 3.63) is 84.2 Å². The number of carbonyl (C=O) groups excluding carboxylic acids is 2. The zero-order valence-corrected chi connectivity index (χ0v) is 25.3. The van der Waals surface area contributed by atoms with Crippen LogP contribution in [0.3, 0.4) is 0 Å². The van der Waals surface area contributed by atoms with Crippen LogP contribution in [0.4, 0.5) is 10.1 Å². The predicted octanol–water partition coefficient (Wildman–Crippen LogP) is 5.09. The van der Waals surface area contributed by atoms with Crippen LogP contribution in [0.25, 0.3) is 0 Å². The third-order valence-electron chi connectivity index (χ3n) is 6.36. The zero-order chi connectivity index (χ0) is 30.0. The number of amides is 2. The van der Waals surface area contributed by atoms with Gasteiger partial charge in [0.1, 0.15) is 24.2 Å². The van der Waals surface area contributed by atoms with Gasteiger partial charge < -0.3 is 15.0 Å². The minimum Gasteiger partial charge on any atom is -0.492 e. The lowest BCUT2D eigenvalue weighted by Gasteiger charge is -2.33. The first-order chi connectivity index (χ1) is 19.7. The summed E-state index contributed by atoms with van der Waals surface area (Å²) in [5.74, 6) is -1.09. The van der Waals surface area contributed by atoms with Crippen LogP contribution < -0.4 is 14.4 Å². The van der Waals surface area contributed by atoms with Gasteiger partial charge in [0.2, 0.25) is 11.8 Å². The molecule has 11 heteroatoms. The Morgan fingerprint density at radius 3 is 2.22 bits per heavy atom. The Kier molecular flexibility index (Phi) is 11.6. The third kappa shape index (κ3) is 8.01. The molecule has 0 saturated carbocycles. The average Bonchev–Trinajstić information content (AvgIpc) is 2.97. The van der Waals surface area contributed by atoms with Crippen molar-refractivity contribution >= 4 is 39.3 Å². The van der Waals surface area contributed by atoms with Crippen molar-refractivity contribution in [1.29, 1.82) is 0 Å². The van der Waals surface area contributed by atoms with Crippen LogP contribution in [-0.2, 0) is 26.2 Å². The molecule has 0 spiro atoms. The molecule has 0 unspecified atom stereocenters. The standard InChI is InChI=1S/C30H36FN3O5S2/c1-5-26(30(36)32-6-2)33(20-22-12-14-23(31)15-13-22)29(35)21-34(27-10-8-9-11-28(27)39-7-3)41(37,38)25-18-16-24(40-4)17-19-25/h8-19,26H,5-7,20-21H2,1-4H3,(H,32,36)/t26-/m0/s1. The molecule has 3 aromatic rings. The molecule has 0 aromatic heterocycles. The van der Waals surface area contributed by atoms with Crippen molar-refractivity contribution in [2.45, 2.75) is 49.6 Å². The molecule has 0 bridgehead atoms. The summed E-state index contributed by atoms with van der Waals surface area (Å²) < 4.78 is 48.5. The van der Waals surface area contributed by atoms with E-state index >= 15 is 0 Å². The molecule has 0 radical (unpaired) electrons. The number of nitrogens with one attached hydrogen (secondary N) is 1. The summed E-state index contributed by atoms with van der Waals surface area (Å²) in [6, 6.07) is 17.8. The summed E-state index contributed by atoms with van der Waals surface area (Å²) in [7, 11) is -4.24. The molecule has 0 aliphatic heterocycles. The number of likely N-dealkylation sites (N-methyl/N-ethyl adjacent to an activating group) is 1. The highest BCUT2D eigenvalue weighted by molar-refractivity contribution is 7.98. The number of anilines is 1. The molecule has 0 fully saturated rings. The molecule has 3 aromatic carbocycles. The van der Waals surface area contributed by atoms with Gasteiger partial charge in [-0.15, -0.1) is 11.8 Å². The number of halogens is 1. The Hall–Kier alpha value is -3.57. The van der Waals surface area contributed by atoms with Gasteiger partial charge in [-0.05, 0) is 80.6 Å². The first kappa shape index (κ1) is 32.0. The second kappa shape index (κ2) is 14.9. The van der Waals surface area contributed by atoms with E-state index in [1.807, 2.05) is 6.26 Å². The van der Waals surface area contributed by atoms with Gasteiger partial charge in [0.25, 0.3) is 10.0 Å². The fourth-order valence-corrected chi connectivity index (χ4v) is 6.16. The van der Waals surface area contributed by atoms with E-state index < -0.39 is 34.3 Å². The molecule has 0 heterocycles. The number of nitrogens with zero attached hydrogens (tertiary/aromatic N) is 2. The van der Waals surface area contributed by atoms with Crippen LogP contribution in [0.15, 0.2) is 82.6 Å². The number of rotatable bonds is 14. The van der Waals surface area contributed by atoms with Gasteiger partial charge in [-0.2, -0.15) is 0 Å². The summed E-state index contributed by atoms with van der Waals surface area (Å²) >= 11 is 1.48. The van der Waals surface area contributed by atoms with Crippen LogP contribution in [0.2, 0.25) is 0 Å². The second-order valence-electron chi connectivity index (χ2n) is 9.05.